The molecule has 0 aliphatic carbocycles. The van der Waals surface area contributed by atoms with Crippen LogP contribution in [0.3, 0.4) is 0 Å². The number of hydrogen-bond donors (Lipinski definition) is 0. The van der Waals surface area contributed by atoms with Gasteiger partial charge in [0.1, 0.15) is 10.0 Å². The summed E-state index contributed by atoms with van der Waals surface area (Å²) in [5, 5.41) is 4.74. The molecule has 1 saturated heterocycles. The van der Waals surface area contributed by atoms with Gasteiger partial charge in [0, 0.05) is 38.0 Å². The molecule has 0 saturated carbocycles. The Morgan fingerprint density at radius 1 is 1.12 bits per heavy atom. The van der Waals surface area contributed by atoms with Crippen LogP contribution in [0.25, 0.3) is 23.0 Å². The molecule has 4 rings (SSSR count). The van der Waals surface area contributed by atoms with E-state index in [0.717, 1.165) is 5.69 Å². The topological polar surface area (TPSA) is 75.5 Å². The first kappa shape index (κ1) is 23.4. The zero-order valence-corrected chi connectivity index (χ0v) is 20.7. The molecule has 0 N–H and O–H groups in total. The fraction of sp³-hybridized carbons (Fsp3) is 0.174. The predicted octanol–water partition coefficient (Wildman–Crippen LogP) is 4.01. The van der Waals surface area contributed by atoms with Gasteiger partial charge in [-0.1, -0.05) is 54.3 Å². The highest BCUT2D eigenvalue weighted by Gasteiger charge is 2.31. The molecule has 7 nitrogen and oxygen atoms in total. The van der Waals surface area contributed by atoms with Gasteiger partial charge >= 0.3 is 0 Å². The summed E-state index contributed by atoms with van der Waals surface area (Å²) in [6.07, 6.45) is 3.60. The van der Waals surface area contributed by atoms with E-state index in [9.17, 15) is 13.2 Å². The minimum atomic E-state index is -3.61. The summed E-state index contributed by atoms with van der Waals surface area (Å²) in [5.74, 6) is -0.144. The van der Waals surface area contributed by atoms with Gasteiger partial charge in [-0.25, -0.2) is 17.4 Å². The molecule has 2 heterocycles. The normalized spacial score (nSPS) is 15.8. The Balaban J connectivity index is 1.87. The highest BCUT2D eigenvalue weighted by molar-refractivity contribution is 8.26. The van der Waals surface area contributed by atoms with Gasteiger partial charge in [-0.15, -0.1) is 0 Å². The Kier molecular flexibility index (Phi) is 6.53. The molecule has 170 valence electrons. The van der Waals surface area contributed by atoms with Crippen LogP contribution in [-0.2, 0) is 14.8 Å². The van der Waals surface area contributed by atoms with Crippen LogP contribution in [0.4, 0.5) is 0 Å². The van der Waals surface area contributed by atoms with Gasteiger partial charge < -0.3 is 0 Å². The number of para-hydroxylation sites is 1. The van der Waals surface area contributed by atoms with Crippen molar-refractivity contribution < 1.29 is 13.2 Å². The second-order valence-electron chi connectivity index (χ2n) is 7.45. The molecule has 2 aromatic carbocycles. The maximum Gasteiger partial charge on any atom is 0.266 e. The lowest BCUT2D eigenvalue weighted by Crippen LogP contribution is -2.27. The third kappa shape index (κ3) is 4.51. The zero-order chi connectivity index (χ0) is 23.8. The molecule has 0 bridgehead atoms. The third-order valence-electron chi connectivity index (χ3n) is 5.13. The molecule has 0 radical (unpaired) electrons. The molecule has 1 fully saturated rings. The van der Waals surface area contributed by atoms with Crippen LogP contribution in [0.2, 0.25) is 0 Å². The Bertz CT molecular complexity index is 1360. The van der Waals surface area contributed by atoms with E-state index in [-0.39, 0.29) is 10.8 Å². The maximum absolute atomic E-state index is 12.8. The number of carbonyl (C=O) groups is 1. The number of likely N-dealkylation sites (N-methyl/N-ethyl adjacent to an activating group) is 1. The number of thioether (sulfide) groups is 1. The minimum absolute atomic E-state index is 0.144. The lowest BCUT2D eigenvalue weighted by Gasteiger charge is -2.12. The van der Waals surface area contributed by atoms with Crippen molar-refractivity contribution in [3.8, 4) is 16.9 Å². The number of benzene rings is 2. The number of rotatable bonds is 6. The summed E-state index contributed by atoms with van der Waals surface area (Å²) in [6.45, 7) is 2.38. The van der Waals surface area contributed by atoms with Gasteiger partial charge in [0.2, 0.25) is 10.0 Å². The maximum atomic E-state index is 12.8. The summed E-state index contributed by atoms with van der Waals surface area (Å²) < 4.78 is 28.8. The van der Waals surface area contributed by atoms with Crippen molar-refractivity contribution in [1.82, 2.24) is 19.0 Å². The Morgan fingerprint density at radius 3 is 2.48 bits per heavy atom. The number of nitrogens with zero attached hydrogens (tertiary/aromatic N) is 4. The van der Waals surface area contributed by atoms with Gasteiger partial charge in [0.05, 0.1) is 15.5 Å². The summed E-state index contributed by atoms with van der Waals surface area (Å²) in [6, 6.07) is 16.2. The Hall–Kier alpha value is -2.79. The SMILES string of the molecule is CCN1C(=O)/C(=C/c2cn(-c3ccccc3)nc2-c2cccc(S(=O)(=O)N(C)C)c2)SC1=S. The molecule has 1 aromatic heterocycles. The van der Waals surface area contributed by atoms with Crippen LogP contribution < -0.4 is 0 Å². The van der Waals surface area contributed by atoms with Crippen molar-refractivity contribution in [1.29, 1.82) is 0 Å². The van der Waals surface area contributed by atoms with Crippen molar-refractivity contribution >= 4 is 50.3 Å². The van der Waals surface area contributed by atoms with Crippen LogP contribution in [0, 0.1) is 0 Å². The molecule has 10 heteroatoms. The predicted molar refractivity (Wildman–Crippen MR) is 135 cm³/mol. The first-order chi connectivity index (χ1) is 15.7. The van der Waals surface area contributed by atoms with Gasteiger partial charge in [-0.2, -0.15) is 5.10 Å². The van der Waals surface area contributed by atoms with Crippen LogP contribution >= 0.6 is 24.0 Å². The van der Waals surface area contributed by atoms with E-state index in [2.05, 4.69) is 0 Å². The van der Waals surface area contributed by atoms with Crippen molar-refractivity contribution in [2.24, 2.45) is 0 Å². The Labute approximate surface area is 202 Å². The number of sulfonamides is 1. The molecule has 33 heavy (non-hydrogen) atoms. The van der Waals surface area contributed by atoms with Crippen LogP contribution in [-0.4, -0.2) is 58.3 Å². The smallest absolute Gasteiger partial charge is 0.266 e. The Morgan fingerprint density at radius 2 is 1.85 bits per heavy atom. The minimum Gasteiger partial charge on any atom is -0.293 e. The zero-order valence-electron chi connectivity index (χ0n) is 18.3. The average molecular weight is 499 g/mol. The molecule has 0 atom stereocenters. The molecule has 3 aromatic rings. The second kappa shape index (κ2) is 9.22. The van der Waals surface area contributed by atoms with Gasteiger partial charge in [0.15, 0.2) is 0 Å². The first-order valence-corrected chi connectivity index (χ1v) is 12.8. The van der Waals surface area contributed by atoms with Crippen LogP contribution in [0.1, 0.15) is 12.5 Å². The van der Waals surface area contributed by atoms with Crippen LogP contribution in [0.5, 0.6) is 0 Å². The van der Waals surface area contributed by atoms with Gasteiger partial charge in [0.25, 0.3) is 5.91 Å². The number of thiocarbonyl (C=S) groups is 1. The molecule has 1 aliphatic rings. The van der Waals surface area contributed by atoms with Gasteiger partial charge in [-0.3, -0.25) is 9.69 Å². The standard InChI is InChI=1S/C23H22N4O3S3/c1-4-26-22(28)20(32-23(26)31)14-17-15-27(18-10-6-5-7-11-18)24-21(17)16-9-8-12-19(13-16)33(29,30)25(2)3/h5-15H,4H2,1-3H3/b20-14-. The second-order valence-corrected chi connectivity index (χ2v) is 11.3. The highest BCUT2D eigenvalue weighted by atomic mass is 32.2. The molecular weight excluding hydrogens is 476 g/mol. The van der Waals surface area contributed by atoms with E-state index in [4.69, 9.17) is 17.3 Å². The average Bonchev–Trinajstić information content (AvgIpc) is 3.34. The summed E-state index contributed by atoms with van der Waals surface area (Å²) >= 11 is 6.59. The largest absolute Gasteiger partial charge is 0.293 e. The van der Waals surface area contributed by atoms with Crippen molar-refractivity contribution in [2.75, 3.05) is 20.6 Å². The molecular formula is C23H22N4O3S3. The fourth-order valence-electron chi connectivity index (χ4n) is 3.36. The van der Waals surface area contributed by atoms with E-state index in [1.165, 1.54) is 30.2 Å². The summed E-state index contributed by atoms with van der Waals surface area (Å²) in [7, 11) is -0.627. The lowest BCUT2D eigenvalue weighted by molar-refractivity contribution is -0.121. The van der Waals surface area contributed by atoms with E-state index in [1.807, 2.05) is 43.5 Å². The molecule has 1 aliphatic heterocycles. The quantitative estimate of drug-likeness (QED) is 0.378. The lowest BCUT2D eigenvalue weighted by atomic mass is 10.1. The van der Waals surface area contributed by atoms with Crippen molar-refractivity contribution in [3.63, 3.8) is 0 Å². The fourth-order valence-corrected chi connectivity index (χ4v) is 5.68. The van der Waals surface area contributed by atoms with Crippen molar-refractivity contribution in [3.05, 3.63) is 71.3 Å². The van der Waals surface area contributed by atoms with E-state index >= 15 is 0 Å². The molecule has 1 amide bonds. The van der Waals surface area contributed by atoms with Crippen molar-refractivity contribution in [2.45, 2.75) is 11.8 Å². The number of amides is 1. The number of hydrogen-bond acceptors (Lipinski definition) is 6. The van der Waals surface area contributed by atoms with E-state index < -0.39 is 10.0 Å². The van der Waals surface area contributed by atoms with E-state index in [0.29, 0.717) is 32.6 Å². The summed E-state index contributed by atoms with van der Waals surface area (Å²) in [5.41, 5.74) is 2.73. The monoisotopic (exact) mass is 498 g/mol. The third-order valence-corrected chi connectivity index (χ3v) is 8.31. The highest BCUT2D eigenvalue weighted by Crippen LogP contribution is 2.35. The summed E-state index contributed by atoms with van der Waals surface area (Å²) in [4.78, 5) is 15.0. The number of carbonyl (C=O) groups excluding carboxylic acids is 1. The number of aromatic nitrogens is 2. The van der Waals surface area contributed by atoms with Crippen LogP contribution in [0.15, 0.2) is 70.6 Å². The van der Waals surface area contributed by atoms with Gasteiger partial charge in [-0.05, 0) is 37.3 Å². The van der Waals surface area contributed by atoms with E-state index in [1.54, 1.807) is 39.9 Å². The first-order valence-electron chi connectivity index (χ1n) is 10.2. The molecule has 0 spiro atoms. The molecule has 0 unspecified atom stereocenters.